The highest BCUT2D eigenvalue weighted by atomic mass is 16.5. The lowest BCUT2D eigenvalue weighted by molar-refractivity contribution is 0.121. The summed E-state index contributed by atoms with van der Waals surface area (Å²) >= 11 is 0. The number of aryl methyl sites for hydroxylation is 1. The van der Waals surface area contributed by atoms with E-state index in [0.29, 0.717) is 5.92 Å². The van der Waals surface area contributed by atoms with Crippen molar-refractivity contribution in [2.24, 2.45) is 5.92 Å². The van der Waals surface area contributed by atoms with Gasteiger partial charge in [-0.1, -0.05) is 0 Å². The fourth-order valence-electron chi connectivity index (χ4n) is 2.75. The molecule has 21 heavy (non-hydrogen) atoms. The average Bonchev–Trinajstić information content (AvgIpc) is 2.86. The van der Waals surface area contributed by atoms with Crippen molar-refractivity contribution in [2.75, 3.05) is 26.3 Å². The Bertz CT molecular complexity index is 557. The van der Waals surface area contributed by atoms with Crippen molar-refractivity contribution < 1.29 is 4.74 Å². The summed E-state index contributed by atoms with van der Waals surface area (Å²) in [4.78, 5) is 10.9. The lowest BCUT2D eigenvalue weighted by Gasteiger charge is -2.22. The van der Waals surface area contributed by atoms with Gasteiger partial charge < -0.3 is 4.74 Å². The van der Waals surface area contributed by atoms with Crippen molar-refractivity contribution in [3.05, 3.63) is 41.7 Å². The van der Waals surface area contributed by atoms with E-state index in [1.807, 2.05) is 13.0 Å². The molecule has 0 saturated carbocycles. The highest BCUT2D eigenvalue weighted by molar-refractivity contribution is 5.07. The van der Waals surface area contributed by atoms with Crippen LogP contribution in [0.2, 0.25) is 0 Å². The Labute approximate surface area is 124 Å². The molecule has 1 atom stereocenters. The molecule has 3 heterocycles. The van der Waals surface area contributed by atoms with E-state index in [1.165, 1.54) is 0 Å². The van der Waals surface area contributed by atoms with Gasteiger partial charge in [-0.2, -0.15) is 5.10 Å². The molecule has 3 rings (SSSR count). The summed E-state index contributed by atoms with van der Waals surface area (Å²) in [5.41, 5.74) is 3.26. The molecule has 1 N–H and O–H groups in total. The molecule has 0 spiro atoms. The molecule has 1 fully saturated rings. The second-order valence-electron chi connectivity index (χ2n) is 5.61. The Kier molecular flexibility index (Phi) is 4.57. The summed E-state index contributed by atoms with van der Waals surface area (Å²) < 4.78 is 5.75. The number of rotatable bonds is 4. The fraction of sp³-hybridized carbons (Fsp3) is 0.533. The fourth-order valence-corrected chi connectivity index (χ4v) is 2.75. The Morgan fingerprint density at radius 3 is 3.19 bits per heavy atom. The zero-order valence-electron chi connectivity index (χ0n) is 12.3. The second kappa shape index (κ2) is 6.78. The summed E-state index contributed by atoms with van der Waals surface area (Å²) in [6, 6.07) is 4.08. The van der Waals surface area contributed by atoms with Gasteiger partial charge in [-0.15, -0.1) is 0 Å². The van der Waals surface area contributed by atoms with Crippen LogP contribution >= 0.6 is 0 Å². The van der Waals surface area contributed by atoms with E-state index in [1.54, 1.807) is 12.5 Å². The number of nitrogens with one attached hydrogen (secondary N) is 1. The van der Waals surface area contributed by atoms with Crippen LogP contribution < -0.4 is 0 Å². The first-order valence-electron chi connectivity index (χ1n) is 7.35. The molecule has 0 bridgehead atoms. The summed E-state index contributed by atoms with van der Waals surface area (Å²) in [6.07, 6.45) is 4.37. The molecule has 6 nitrogen and oxygen atoms in total. The number of ether oxygens (including phenoxy) is 1. The molecule has 0 radical (unpaired) electrons. The van der Waals surface area contributed by atoms with Gasteiger partial charge in [-0.3, -0.25) is 10.00 Å². The highest BCUT2D eigenvalue weighted by Crippen LogP contribution is 2.14. The molecule has 0 amide bonds. The van der Waals surface area contributed by atoms with Gasteiger partial charge in [-0.05, 0) is 25.5 Å². The van der Waals surface area contributed by atoms with Crippen molar-refractivity contribution >= 4 is 0 Å². The predicted octanol–water partition coefficient (Wildman–Crippen LogP) is 1.20. The van der Waals surface area contributed by atoms with Crippen LogP contribution in [-0.2, 0) is 17.7 Å². The quantitative estimate of drug-likeness (QED) is 0.915. The third-order valence-electron chi connectivity index (χ3n) is 3.73. The van der Waals surface area contributed by atoms with Crippen molar-refractivity contribution in [2.45, 2.75) is 19.9 Å². The average molecular weight is 287 g/mol. The summed E-state index contributed by atoms with van der Waals surface area (Å²) in [7, 11) is 0. The van der Waals surface area contributed by atoms with Crippen LogP contribution in [0.5, 0.6) is 0 Å². The van der Waals surface area contributed by atoms with E-state index in [9.17, 15) is 0 Å². The number of aromatic amines is 1. The van der Waals surface area contributed by atoms with E-state index in [2.05, 4.69) is 31.1 Å². The largest absolute Gasteiger partial charge is 0.380 e. The van der Waals surface area contributed by atoms with Gasteiger partial charge in [0.15, 0.2) is 0 Å². The summed E-state index contributed by atoms with van der Waals surface area (Å²) in [5, 5.41) is 7.03. The van der Waals surface area contributed by atoms with E-state index >= 15 is 0 Å². The Balaban J connectivity index is 1.62. The second-order valence-corrected chi connectivity index (χ2v) is 5.61. The minimum atomic E-state index is 0.463. The van der Waals surface area contributed by atoms with Crippen LogP contribution in [0.4, 0.5) is 0 Å². The van der Waals surface area contributed by atoms with Crippen LogP contribution in [-0.4, -0.2) is 51.4 Å². The smallest absolute Gasteiger partial charge is 0.115 e. The van der Waals surface area contributed by atoms with Gasteiger partial charge in [-0.25, -0.2) is 9.97 Å². The van der Waals surface area contributed by atoms with Crippen molar-refractivity contribution in [3.63, 3.8) is 0 Å². The normalized spacial score (nSPS) is 20.3. The monoisotopic (exact) mass is 287 g/mol. The van der Waals surface area contributed by atoms with Crippen molar-refractivity contribution in [3.8, 4) is 0 Å². The number of hydrogen-bond acceptors (Lipinski definition) is 5. The first kappa shape index (κ1) is 14.2. The van der Waals surface area contributed by atoms with E-state index in [-0.39, 0.29) is 0 Å². The minimum absolute atomic E-state index is 0.463. The maximum atomic E-state index is 5.75. The first-order chi connectivity index (χ1) is 10.3. The molecule has 2 aromatic heterocycles. The third kappa shape index (κ3) is 4.09. The number of nitrogens with zero attached hydrogens (tertiary/aromatic N) is 4. The SMILES string of the molecule is Cc1cc(CC2COCCN(Cc3ccn[nH]3)C2)ncn1. The molecular weight excluding hydrogens is 266 g/mol. The molecule has 6 heteroatoms. The number of H-pyrrole nitrogens is 1. The molecular formula is C15H21N5O. The van der Waals surface area contributed by atoms with Gasteiger partial charge >= 0.3 is 0 Å². The first-order valence-corrected chi connectivity index (χ1v) is 7.35. The number of hydrogen-bond donors (Lipinski definition) is 1. The highest BCUT2D eigenvalue weighted by Gasteiger charge is 2.20. The summed E-state index contributed by atoms with van der Waals surface area (Å²) in [5.74, 6) is 0.463. The molecule has 1 saturated heterocycles. The lowest BCUT2D eigenvalue weighted by Crippen LogP contribution is -2.30. The molecule has 0 aromatic carbocycles. The van der Waals surface area contributed by atoms with Gasteiger partial charge in [0, 0.05) is 48.8 Å². The summed E-state index contributed by atoms with van der Waals surface area (Å²) in [6.45, 7) is 6.44. The molecule has 1 unspecified atom stereocenters. The van der Waals surface area contributed by atoms with Gasteiger partial charge in [0.25, 0.3) is 0 Å². The van der Waals surface area contributed by atoms with Crippen molar-refractivity contribution in [1.82, 2.24) is 25.1 Å². The van der Waals surface area contributed by atoms with E-state index < -0.39 is 0 Å². The molecule has 112 valence electrons. The van der Waals surface area contributed by atoms with E-state index in [4.69, 9.17) is 4.74 Å². The van der Waals surface area contributed by atoms with Crippen LogP contribution in [0, 0.1) is 12.8 Å². The molecule has 0 aliphatic carbocycles. The zero-order valence-corrected chi connectivity index (χ0v) is 12.3. The topological polar surface area (TPSA) is 66.9 Å². The van der Waals surface area contributed by atoms with Crippen LogP contribution in [0.1, 0.15) is 17.1 Å². The van der Waals surface area contributed by atoms with Gasteiger partial charge in [0.2, 0.25) is 0 Å². The molecule has 1 aliphatic rings. The maximum Gasteiger partial charge on any atom is 0.115 e. The van der Waals surface area contributed by atoms with Gasteiger partial charge in [0.1, 0.15) is 6.33 Å². The molecule has 1 aliphatic heterocycles. The van der Waals surface area contributed by atoms with E-state index in [0.717, 1.165) is 56.4 Å². The lowest BCUT2D eigenvalue weighted by atomic mass is 10.0. The standard InChI is InChI=1S/C15H21N5O/c1-12-6-15(17-11-16-12)7-13-8-20(4-5-21-10-13)9-14-2-3-18-19-14/h2-3,6,11,13H,4-5,7-10H2,1H3,(H,18,19). The van der Waals surface area contributed by atoms with Crippen LogP contribution in [0.15, 0.2) is 24.7 Å². The van der Waals surface area contributed by atoms with Gasteiger partial charge in [0.05, 0.1) is 13.2 Å². The maximum absolute atomic E-state index is 5.75. The molecule has 2 aromatic rings. The Morgan fingerprint density at radius 1 is 1.43 bits per heavy atom. The van der Waals surface area contributed by atoms with Crippen LogP contribution in [0.25, 0.3) is 0 Å². The zero-order chi connectivity index (χ0) is 14.5. The van der Waals surface area contributed by atoms with Crippen LogP contribution in [0.3, 0.4) is 0 Å². The number of aromatic nitrogens is 4. The Morgan fingerprint density at radius 2 is 2.38 bits per heavy atom. The predicted molar refractivity (Wildman–Crippen MR) is 78.6 cm³/mol. The Hall–Kier alpha value is -1.79. The van der Waals surface area contributed by atoms with Crippen molar-refractivity contribution in [1.29, 1.82) is 0 Å². The minimum Gasteiger partial charge on any atom is -0.380 e. The third-order valence-corrected chi connectivity index (χ3v) is 3.73.